The lowest BCUT2D eigenvalue weighted by atomic mass is 9.96. The fraction of sp³-hybridized carbons (Fsp3) is 0.467. The van der Waals surface area contributed by atoms with E-state index in [9.17, 15) is 9.59 Å². The number of hydrogen-bond donors (Lipinski definition) is 1. The number of rotatable bonds is 3. The summed E-state index contributed by atoms with van der Waals surface area (Å²) < 4.78 is 4.67. The number of nitrogens with zero attached hydrogens (tertiary/aromatic N) is 1. The Labute approximate surface area is 118 Å². The normalized spacial score (nSPS) is 16.7. The zero-order valence-electron chi connectivity index (χ0n) is 11.9. The van der Waals surface area contributed by atoms with E-state index in [1.54, 1.807) is 24.3 Å². The van der Waals surface area contributed by atoms with Crippen LogP contribution in [0.1, 0.15) is 23.2 Å². The Morgan fingerprint density at radius 2 is 2.00 bits per heavy atom. The molecule has 1 aliphatic rings. The lowest BCUT2D eigenvalue weighted by Gasteiger charge is -2.28. The van der Waals surface area contributed by atoms with Gasteiger partial charge in [0.1, 0.15) is 0 Å². The molecule has 0 unspecified atom stereocenters. The van der Waals surface area contributed by atoms with Crippen molar-refractivity contribution in [3.8, 4) is 0 Å². The van der Waals surface area contributed by atoms with Gasteiger partial charge in [-0.05, 0) is 51.2 Å². The van der Waals surface area contributed by atoms with Crippen molar-refractivity contribution in [3.63, 3.8) is 0 Å². The van der Waals surface area contributed by atoms with Crippen LogP contribution in [0.3, 0.4) is 0 Å². The standard InChI is InChI=1S/C15H20N2O3/c1-17-8-6-11(7-9-17)14(18)16-13-5-3-4-12(10-13)15(19)20-2/h3-5,10-11H,6-9H2,1-2H3,(H,16,18). The highest BCUT2D eigenvalue weighted by Gasteiger charge is 2.23. The molecule has 2 rings (SSSR count). The average molecular weight is 276 g/mol. The molecule has 108 valence electrons. The summed E-state index contributed by atoms with van der Waals surface area (Å²) in [5.74, 6) is -0.325. The van der Waals surface area contributed by atoms with E-state index in [0.717, 1.165) is 25.9 Å². The molecule has 5 heteroatoms. The van der Waals surface area contributed by atoms with E-state index < -0.39 is 5.97 Å². The van der Waals surface area contributed by atoms with E-state index in [1.807, 2.05) is 0 Å². The summed E-state index contributed by atoms with van der Waals surface area (Å²) in [6, 6.07) is 6.81. The van der Waals surface area contributed by atoms with Gasteiger partial charge in [-0.15, -0.1) is 0 Å². The maximum absolute atomic E-state index is 12.2. The van der Waals surface area contributed by atoms with Gasteiger partial charge in [-0.2, -0.15) is 0 Å². The Kier molecular flexibility index (Phi) is 4.74. The molecule has 1 aliphatic heterocycles. The minimum absolute atomic E-state index is 0.0279. The van der Waals surface area contributed by atoms with Crippen LogP contribution in [0.4, 0.5) is 5.69 Å². The third-order valence-electron chi connectivity index (χ3n) is 3.64. The molecular weight excluding hydrogens is 256 g/mol. The zero-order valence-corrected chi connectivity index (χ0v) is 11.9. The minimum atomic E-state index is -0.402. The minimum Gasteiger partial charge on any atom is -0.465 e. The first kappa shape index (κ1) is 14.5. The Hall–Kier alpha value is -1.88. The molecule has 0 atom stereocenters. The number of hydrogen-bond acceptors (Lipinski definition) is 4. The molecule has 1 aromatic rings. The van der Waals surface area contributed by atoms with Crippen LogP contribution in [0.15, 0.2) is 24.3 Å². The van der Waals surface area contributed by atoms with Crippen molar-refractivity contribution >= 4 is 17.6 Å². The number of benzene rings is 1. The lowest BCUT2D eigenvalue weighted by molar-refractivity contribution is -0.121. The van der Waals surface area contributed by atoms with Gasteiger partial charge in [0, 0.05) is 11.6 Å². The van der Waals surface area contributed by atoms with Crippen LogP contribution in [0.2, 0.25) is 0 Å². The third-order valence-corrected chi connectivity index (χ3v) is 3.64. The van der Waals surface area contributed by atoms with Gasteiger partial charge in [0.15, 0.2) is 0 Å². The van der Waals surface area contributed by atoms with E-state index in [2.05, 4.69) is 22.0 Å². The van der Waals surface area contributed by atoms with Crippen LogP contribution in [-0.4, -0.2) is 44.0 Å². The highest BCUT2D eigenvalue weighted by atomic mass is 16.5. The highest BCUT2D eigenvalue weighted by molar-refractivity contribution is 5.95. The first-order valence-corrected chi connectivity index (χ1v) is 6.78. The van der Waals surface area contributed by atoms with Crippen molar-refractivity contribution in [1.82, 2.24) is 4.90 Å². The third kappa shape index (κ3) is 3.57. The van der Waals surface area contributed by atoms with Crippen LogP contribution in [-0.2, 0) is 9.53 Å². The van der Waals surface area contributed by atoms with Crippen molar-refractivity contribution in [2.45, 2.75) is 12.8 Å². The van der Waals surface area contributed by atoms with Crippen molar-refractivity contribution < 1.29 is 14.3 Å². The summed E-state index contributed by atoms with van der Waals surface area (Å²) in [6.45, 7) is 1.89. The number of piperidine rings is 1. The first-order valence-electron chi connectivity index (χ1n) is 6.78. The van der Waals surface area contributed by atoms with Gasteiger partial charge in [-0.25, -0.2) is 4.79 Å². The number of esters is 1. The van der Waals surface area contributed by atoms with Crippen molar-refractivity contribution in [2.24, 2.45) is 5.92 Å². The van der Waals surface area contributed by atoms with Crippen LogP contribution in [0, 0.1) is 5.92 Å². The maximum Gasteiger partial charge on any atom is 0.337 e. The number of ether oxygens (including phenoxy) is 1. The summed E-state index contributed by atoms with van der Waals surface area (Å²) in [6.07, 6.45) is 1.75. The van der Waals surface area contributed by atoms with Crippen molar-refractivity contribution in [2.75, 3.05) is 32.6 Å². The van der Waals surface area contributed by atoms with Gasteiger partial charge in [0.25, 0.3) is 0 Å². The molecule has 0 aromatic heterocycles. The van der Waals surface area contributed by atoms with Gasteiger partial charge in [0.05, 0.1) is 12.7 Å². The van der Waals surface area contributed by atoms with Crippen LogP contribution in [0.25, 0.3) is 0 Å². The van der Waals surface area contributed by atoms with E-state index >= 15 is 0 Å². The number of amides is 1. The maximum atomic E-state index is 12.2. The predicted octanol–water partition coefficient (Wildman–Crippen LogP) is 1.75. The quantitative estimate of drug-likeness (QED) is 0.855. The summed E-state index contributed by atoms with van der Waals surface area (Å²) in [4.78, 5) is 25.9. The first-order chi connectivity index (χ1) is 9.60. The van der Waals surface area contributed by atoms with E-state index in [4.69, 9.17) is 0 Å². The Morgan fingerprint density at radius 1 is 1.30 bits per heavy atom. The van der Waals surface area contributed by atoms with Gasteiger partial charge in [0.2, 0.25) is 5.91 Å². The fourth-order valence-electron chi connectivity index (χ4n) is 2.36. The largest absolute Gasteiger partial charge is 0.465 e. The molecule has 1 N–H and O–H groups in total. The van der Waals surface area contributed by atoms with Gasteiger partial charge in [-0.1, -0.05) is 6.07 Å². The fourth-order valence-corrected chi connectivity index (χ4v) is 2.36. The van der Waals surface area contributed by atoms with Crippen molar-refractivity contribution in [1.29, 1.82) is 0 Å². The molecule has 1 saturated heterocycles. The molecule has 20 heavy (non-hydrogen) atoms. The summed E-state index contributed by atoms with van der Waals surface area (Å²) in [7, 11) is 3.40. The number of carbonyl (C=O) groups excluding carboxylic acids is 2. The highest BCUT2D eigenvalue weighted by Crippen LogP contribution is 2.19. The van der Waals surface area contributed by atoms with Gasteiger partial charge < -0.3 is 15.0 Å². The molecule has 1 aromatic carbocycles. The second kappa shape index (κ2) is 6.52. The molecule has 0 saturated carbocycles. The molecule has 1 amide bonds. The average Bonchev–Trinajstić information content (AvgIpc) is 2.47. The lowest BCUT2D eigenvalue weighted by Crippen LogP contribution is -2.35. The SMILES string of the molecule is COC(=O)c1cccc(NC(=O)C2CCN(C)CC2)c1. The number of nitrogens with one attached hydrogen (secondary N) is 1. The molecule has 5 nitrogen and oxygen atoms in total. The smallest absolute Gasteiger partial charge is 0.337 e. The Morgan fingerprint density at radius 3 is 2.65 bits per heavy atom. The number of methoxy groups -OCH3 is 1. The molecule has 0 radical (unpaired) electrons. The molecule has 0 spiro atoms. The number of likely N-dealkylation sites (tertiary alicyclic amines) is 1. The predicted molar refractivity (Wildman–Crippen MR) is 76.6 cm³/mol. The van der Waals surface area contributed by atoms with Crippen LogP contribution in [0.5, 0.6) is 0 Å². The Bertz CT molecular complexity index is 494. The van der Waals surface area contributed by atoms with Crippen LogP contribution < -0.4 is 5.32 Å². The van der Waals surface area contributed by atoms with Gasteiger partial charge >= 0.3 is 5.97 Å². The molecule has 1 fully saturated rings. The van der Waals surface area contributed by atoms with Crippen LogP contribution >= 0.6 is 0 Å². The van der Waals surface area contributed by atoms with Gasteiger partial charge in [-0.3, -0.25) is 4.79 Å². The monoisotopic (exact) mass is 276 g/mol. The van der Waals surface area contributed by atoms with Crippen molar-refractivity contribution in [3.05, 3.63) is 29.8 Å². The second-order valence-electron chi connectivity index (χ2n) is 5.14. The molecule has 0 aliphatic carbocycles. The Balaban J connectivity index is 1.99. The topological polar surface area (TPSA) is 58.6 Å². The molecule has 0 bridgehead atoms. The zero-order chi connectivity index (χ0) is 14.5. The summed E-state index contributed by atoms with van der Waals surface area (Å²) >= 11 is 0. The van der Waals surface area contributed by atoms with E-state index in [-0.39, 0.29) is 11.8 Å². The molecular formula is C15H20N2O3. The number of anilines is 1. The number of carbonyl (C=O) groups is 2. The summed E-state index contributed by atoms with van der Waals surface area (Å²) in [5, 5.41) is 2.88. The second-order valence-corrected chi connectivity index (χ2v) is 5.14. The van der Waals surface area contributed by atoms with E-state index in [1.165, 1.54) is 7.11 Å². The summed E-state index contributed by atoms with van der Waals surface area (Å²) in [5.41, 5.74) is 1.07. The van der Waals surface area contributed by atoms with E-state index in [0.29, 0.717) is 11.3 Å². The molecule has 1 heterocycles.